The van der Waals surface area contributed by atoms with Crippen LogP contribution < -0.4 is 15.4 Å². The molecule has 1 aliphatic rings. The summed E-state index contributed by atoms with van der Waals surface area (Å²) < 4.78 is 28.4. The van der Waals surface area contributed by atoms with Crippen molar-refractivity contribution < 1.29 is 13.9 Å². The Morgan fingerprint density at radius 3 is 2.79 bits per heavy atom. The van der Waals surface area contributed by atoms with Crippen molar-refractivity contribution >= 4 is 28.2 Å². The third kappa shape index (κ3) is 3.79. The lowest BCUT2D eigenvalue weighted by Gasteiger charge is -2.32. The van der Waals surface area contributed by atoms with Crippen molar-refractivity contribution in [1.82, 2.24) is 29.4 Å². The highest BCUT2D eigenvalue weighted by Gasteiger charge is 2.27. The van der Waals surface area contributed by atoms with Crippen LogP contribution in [0, 0.1) is 5.82 Å². The lowest BCUT2D eigenvalue weighted by molar-refractivity contribution is 0.0733. The molecule has 3 atom stereocenters. The molecule has 2 N–H and O–H groups in total. The summed E-state index contributed by atoms with van der Waals surface area (Å²) in [6.45, 7) is 5.81. The third-order valence-corrected chi connectivity index (χ3v) is 6.79. The highest BCUT2D eigenvalue weighted by atomic mass is 19.1. The highest BCUT2D eigenvalue weighted by Crippen LogP contribution is 2.32. The zero-order valence-electron chi connectivity index (χ0n) is 19.8. The molecular formula is C23H29FN8O2. The van der Waals surface area contributed by atoms with Crippen LogP contribution in [0.5, 0.6) is 5.75 Å². The zero-order valence-corrected chi connectivity index (χ0v) is 19.8. The number of ether oxygens (including phenoxy) is 2. The van der Waals surface area contributed by atoms with Gasteiger partial charge in [-0.3, -0.25) is 4.68 Å². The van der Waals surface area contributed by atoms with Gasteiger partial charge in [0.25, 0.3) is 0 Å². The summed E-state index contributed by atoms with van der Waals surface area (Å²) in [6.07, 6.45) is 5.96. The molecule has 1 aromatic carbocycles. The van der Waals surface area contributed by atoms with Crippen molar-refractivity contribution in [2.75, 3.05) is 37.9 Å². The van der Waals surface area contributed by atoms with Crippen LogP contribution in [0.2, 0.25) is 0 Å². The third-order valence-electron chi connectivity index (χ3n) is 6.79. The smallest absolute Gasteiger partial charge is 0.223 e. The number of nitrogen functional groups attached to an aromatic ring is 1. The van der Waals surface area contributed by atoms with E-state index in [-0.39, 0.29) is 29.8 Å². The van der Waals surface area contributed by atoms with Gasteiger partial charge in [-0.2, -0.15) is 9.61 Å². The Labute approximate surface area is 196 Å². The van der Waals surface area contributed by atoms with Crippen LogP contribution in [0.15, 0.2) is 24.5 Å². The number of fused-ring (bicyclic) bond motifs is 3. The minimum absolute atomic E-state index is 0.0581. The van der Waals surface area contributed by atoms with E-state index >= 15 is 0 Å². The second-order valence-electron chi connectivity index (χ2n) is 8.82. The molecule has 0 aliphatic carbocycles. The quantitative estimate of drug-likeness (QED) is 0.460. The molecule has 0 saturated carbocycles. The van der Waals surface area contributed by atoms with E-state index in [1.807, 2.05) is 17.8 Å². The molecule has 4 heterocycles. The fourth-order valence-electron chi connectivity index (χ4n) is 4.52. The average Bonchev–Trinajstić information content (AvgIpc) is 3.52. The molecule has 4 aromatic rings. The van der Waals surface area contributed by atoms with Gasteiger partial charge < -0.3 is 20.1 Å². The van der Waals surface area contributed by atoms with Crippen molar-refractivity contribution in [3.8, 4) is 5.75 Å². The predicted octanol–water partition coefficient (Wildman–Crippen LogP) is 3.18. The van der Waals surface area contributed by atoms with Crippen LogP contribution in [-0.4, -0.2) is 62.8 Å². The molecule has 0 radical (unpaired) electrons. The molecule has 180 valence electrons. The van der Waals surface area contributed by atoms with Crippen molar-refractivity contribution in [1.29, 1.82) is 0 Å². The van der Waals surface area contributed by atoms with Crippen LogP contribution in [0.1, 0.15) is 44.5 Å². The van der Waals surface area contributed by atoms with Crippen molar-refractivity contribution in [2.45, 2.75) is 44.8 Å². The second-order valence-corrected chi connectivity index (χ2v) is 8.82. The minimum Gasteiger partial charge on any atom is -0.494 e. The first kappa shape index (κ1) is 22.3. The van der Waals surface area contributed by atoms with Crippen LogP contribution in [0.4, 0.5) is 16.0 Å². The van der Waals surface area contributed by atoms with Crippen LogP contribution >= 0.6 is 0 Å². The molecule has 3 aromatic heterocycles. The molecule has 5 rings (SSSR count). The van der Waals surface area contributed by atoms with E-state index in [0.29, 0.717) is 22.4 Å². The average molecular weight is 469 g/mol. The van der Waals surface area contributed by atoms with Crippen LogP contribution in [-0.2, 0) is 4.74 Å². The topological polar surface area (TPSA) is 109 Å². The van der Waals surface area contributed by atoms with E-state index in [1.165, 1.54) is 23.8 Å². The lowest BCUT2D eigenvalue weighted by atomic mass is 9.97. The molecule has 2 unspecified atom stereocenters. The molecule has 34 heavy (non-hydrogen) atoms. The van der Waals surface area contributed by atoms with Crippen LogP contribution in [0.3, 0.4) is 0 Å². The molecule has 11 heteroatoms. The van der Waals surface area contributed by atoms with E-state index in [2.05, 4.69) is 33.2 Å². The zero-order chi connectivity index (χ0) is 24.0. The van der Waals surface area contributed by atoms with Gasteiger partial charge in [-0.1, -0.05) is 0 Å². The van der Waals surface area contributed by atoms with Gasteiger partial charge in [-0.25, -0.2) is 14.4 Å². The summed E-state index contributed by atoms with van der Waals surface area (Å²) in [5.74, 6) is 0.609. The van der Waals surface area contributed by atoms with Gasteiger partial charge in [0.15, 0.2) is 23.0 Å². The lowest BCUT2D eigenvalue weighted by Crippen LogP contribution is -2.34. The number of anilines is 2. The standard InChI is InChI=1S/C23H29FN8O2/c1-13(14(2)33-3)31-12-16(10-26-31)30-7-5-6-15(11-30)21-28-22-17-8-18(24)20(34-4)9-19(17)27-23(25)32(22)29-21/h8-10,12-15H,5-7,11H2,1-4H3,(H2,25,27)/t13?,14?,15-/m1/s1. The summed E-state index contributed by atoms with van der Waals surface area (Å²) in [7, 11) is 3.12. The number of halogens is 1. The number of aromatic nitrogens is 6. The molecule has 1 saturated heterocycles. The molecule has 0 spiro atoms. The van der Waals surface area contributed by atoms with E-state index in [0.717, 1.165) is 31.6 Å². The van der Waals surface area contributed by atoms with Crippen LogP contribution in [0.25, 0.3) is 16.6 Å². The Balaban J connectivity index is 1.45. The Bertz CT molecular complexity index is 1340. The number of piperidine rings is 1. The molecule has 10 nitrogen and oxygen atoms in total. The molecule has 1 fully saturated rings. The van der Waals surface area contributed by atoms with Gasteiger partial charge in [0.2, 0.25) is 5.95 Å². The second kappa shape index (κ2) is 8.71. The van der Waals surface area contributed by atoms with Gasteiger partial charge in [0.1, 0.15) is 0 Å². The maximum absolute atomic E-state index is 14.4. The highest BCUT2D eigenvalue weighted by molar-refractivity contribution is 5.93. The number of nitrogens with two attached hydrogens (primary N) is 1. The first-order chi connectivity index (χ1) is 16.4. The van der Waals surface area contributed by atoms with Gasteiger partial charge in [0.05, 0.1) is 36.7 Å². The fraction of sp³-hybridized carbons (Fsp3) is 0.478. The number of nitrogens with zero attached hydrogens (tertiary/aromatic N) is 7. The maximum atomic E-state index is 14.4. The van der Waals surface area contributed by atoms with Gasteiger partial charge >= 0.3 is 0 Å². The summed E-state index contributed by atoms with van der Waals surface area (Å²) in [6, 6.07) is 3.03. The summed E-state index contributed by atoms with van der Waals surface area (Å²) in [5.41, 5.74) is 8.23. The van der Waals surface area contributed by atoms with E-state index in [1.54, 1.807) is 7.11 Å². The summed E-state index contributed by atoms with van der Waals surface area (Å²) in [5, 5.41) is 9.75. The number of hydrogen-bond donors (Lipinski definition) is 1. The summed E-state index contributed by atoms with van der Waals surface area (Å²) >= 11 is 0. The monoisotopic (exact) mass is 468 g/mol. The Hall–Kier alpha value is -3.47. The number of rotatable bonds is 6. The SMILES string of the molecule is COc1cc2nc(N)n3nc([C@@H]4CCCN(c5cnn(C(C)C(C)OC)c5)C4)nc3c2cc1F. The minimum atomic E-state index is -0.481. The van der Waals surface area contributed by atoms with Crippen molar-refractivity contribution in [3.63, 3.8) is 0 Å². The largest absolute Gasteiger partial charge is 0.494 e. The molecule has 0 amide bonds. The molecule has 1 aliphatic heterocycles. The normalized spacial score (nSPS) is 18.5. The van der Waals surface area contributed by atoms with Gasteiger partial charge in [0, 0.05) is 43.8 Å². The number of methoxy groups -OCH3 is 2. The molecule has 0 bridgehead atoms. The fourth-order valence-corrected chi connectivity index (χ4v) is 4.52. The van der Waals surface area contributed by atoms with Gasteiger partial charge in [-0.15, -0.1) is 5.10 Å². The molecular weight excluding hydrogens is 439 g/mol. The summed E-state index contributed by atoms with van der Waals surface area (Å²) in [4.78, 5) is 11.5. The number of benzene rings is 1. The predicted molar refractivity (Wildman–Crippen MR) is 127 cm³/mol. The van der Waals surface area contributed by atoms with Crippen molar-refractivity contribution in [3.05, 3.63) is 36.2 Å². The Kier molecular flexibility index (Phi) is 5.72. The van der Waals surface area contributed by atoms with E-state index in [4.69, 9.17) is 20.2 Å². The van der Waals surface area contributed by atoms with E-state index < -0.39 is 5.82 Å². The Morgan fingerprint density at radius 2 is 2.03 bits per heavy atom. The van der Waals surface area contributed by atoms with Gasteiger partial charge in [-0.05, 0) is 32.8 Å². The van der Waals surface area contributed by atoms with Crippen molar-refractivity contribution in [2.24, 2.45) is 0 Å². The Morgan fingerprint density at radius 1 is 1.21 bits per heavy atom. The first-order valence-electron chi connectivity index (χ1n) is 11.4. The number of hydrogen-bond acceptors (Lipinski definition) is 8. The first-order valence-corrected chi connectivity index (χ1v) is 11.4. The van der Waals surface area contributed by atoms with E-state index in [9.17, 15) is 4.39 Å². The maximum Gasteiger partial charge on any atom is 0.223 e.